The lowest BCUT2D eigenvalue weighted by Gasteiger charge is -2.70. The van der Waals surface area contributed by atoms with Crippen LogP contribution in [-0.2, 0) is 14.3 Å². The molecule has 6 nitrogen and oxygen atoms in total. The van der Waals surface area contributed by atoms with E-state index in [2.05, 4.69) is 55.5 Å². The number of nitrogens with zero attached hydrogens (tertiary/aromatic N) is 2. The van der Waals surface area contributed by atoms with Crippen molar-refractivity contribution < 1.29 is 19.4 Å². The number of aliphatic hydroxyl groups is 1. The zero-order valence-corrected chi connectivity index (χ0v) is 17.7. The predicted octanol–water partition coefficient (Wildman–Crippen LogP) is 2.20. The van der Waals surface area contributed by atoms with Gasteiger partial charge in [0.1, 0.15) is 6.61 Å². The third kappa shape index (κ3) is 3.20. The second kappa shape index (κ2) is 7.85. The Hall–Kier alpha value is -2.70. The van der Waals surface area contributed by atoms with Gasteiger partial charge in [0.15, 0.2) is 0 Å². The maximum Gasteiger partial charge on any atom is 0.248 e. The summed E-state index contributed by atoms with van der Waals surface area (Å²) in [6, 6.07) is 16.5. The van der Waals surface area contributed by atoms with Crippen LogP contribution in [0.1, 0.15) is 24.0 Å². The standard InChI is InChI=1S/C24H28N2O4/c1-16-4-6-18(7-5-16)19-8-10-20(11-9-19)23-21(12-27)26(17(2)28)24(23)14-25(15-24)22(29)13-30-3/h4-11,21,23,27H,12-15H2,1-3H3/t21-,23-/m1/s1. The largest absolute Gasteiger partial charge is 0.394 e. The molecule has 2 amide bonds. The highest BCUT2D eigenvalue weighted by atomic mass is 16.5. The van der Waals surface area contributed by atoms with Crippen LogP contribution < -0.4 is 0 Å². The molecule has 4 rings (SSSR count). The summed E-state index contributed by atoms with van der Waals surface area (Å²) in [6.07, 6.45) is 0. The summed E-state index contributed by atoms with van der Waals surface area (Å²) in [4.78, 5) is 28.0. The number of amides is 2. The lowest BCUT2D eigenvalue weighted by atomic mass is 9.60. The van der Waals surface area contributed by atoms with Gasteiger partial charge in [0.2, 0.25) is 11.8 Å². The van der Waals surface area contributed by atoms with Crippen LogP contribution in [0.15, 0.2) is 48.5 Å². The Morgan fingerprint density at radius 3 is 2.13 bits per heavy atom. The van der Waals surface area contributed by atoms with Crippen LogP contribution in [0.3, 0.4) is 0 Å². The molecule has 2 heterocycles. The van der Waals surface area contributed by atoms with E-state index in [-0.39, 0.29) is 37.0 Å². The van der Waals surface area contributed by atoms with Crippen LogP contribution >= 0.6 is 0 Å². The molecule has 1 N–H and O–H groups in total. The minimum absolute atomic E-state index is 0.00920. The molecule has 0 saturated carbocycles. The number of hydrogen-bond donors (Lipinski definition) is 1. The summed E-state index contributed by atoms with van der Waals surface area (Å²) in [7, 11) is 1.50. The smallest absolute Gasteiger partial charge is 0.248 e. The molecule has 0 unspecified atom stereocenters. The average molecular weight is 408 g/mol. The van der Waals surface area contributed by atoms with Crippen molar-refractivity contribution in [3.8, 4) is 11.1 Å². The normalized spacial score (nSPS) is 21.9. The van der Waals surface area contributed by atoms with Crippen molar-refractivity contribution >= 4 is 11.8 Å². The fourth-order valence-corrected chi connectivity index (χ4v) is 5.16. The molecule has 0 aromatic heterocycles. The van der Waals surface area contributed by atoms with Crippen molar-refractivity contribution in [1.29, 1.82) is 0 Å². The zero-order valence-electron chi connectivity index (χ0n) is 17.7. The zero-order chi connectivity index (χ0) is 21.5. The van der Waals surface area contributed by atoms with Gasteiger partial charge < -0.3 is 19.6 Å². The van der Waals surface area contributed by atoms with Crippen molar-refractivity contribution in [2.24, 2.45) is 0 Å². The Morgan fingerprint density at radius 2 is 1.63 bits per heavy atom. The van der Waals surface area contributed by atoms with Crippen molar-refractivity contribution in [3.63, 3.8) is 0 Å². The van der Waals surface area contributed by atoms with E-state index in [4.69, 9.17) is 4.74 Å². The number of aryl methyl sites for hydroxylation is 1. The van der Waals surface area contributed by atoms with Crippen LogP contribution in [0.4, 0.5) is 0 Å². The minimum Gasteiger partial charge on any atom is -0.394 e. The van der Waals surface area contributed by atoms with Gasteiger partial charge in [-0.25, -0.2) is 0 Å². The lowest BCUT2D eigenvalue weighted by Crippen LogP contribution is -2.85. The molecule has 6 heteroatoms. The average Bonchev–Trinajstić information content (AvgIpc) is 2.67. The maximum atomic E-state index is 12.3. The Bertz CT molecular complexity index is 933. The highest BCUT2D eigenvalue weighted by molar-refractivity contribution is 5.82. The molecule has 0 aliphatic carbocycles. The van der Waals surface area contributed by atoms with E-state index in [0.29, 0.717) is 13.1 Å². The molecule has 0 radical (unpaired) electrons. The van der Waals surface area contributed by atoms with Crippen molar-refractivity contribution in [1.82, 2.24) is 9.80 Å². The topological polar surface area (TPSA) is 70.1 Å². The Balaban J connectivity index is 1.60. The van der Waals surface area contributed by atoms with Gasteiger partial charge in [-0.1, -0.05) is 54.1 Å². The van der Waals surface area contributed by atoms with E-state index < -0.39 is 5.54 Å². The highest BCUT2D eigenvalue weighted by Gasteiger charge is 2.67. The first-order valence-corrected chi connectivity index (χ1v) is 10.3. The van der Waals surface area contributed by atoms with E-state index in [0.717, 1.165) is 16.7 Å². The molecule has 2 aliphatic rings. The SMILES string of the molecule is COCC(=O)N1CC2(C1)[C@H](c1ccc(-c3ccc(C)cc3)cc1)[C@@H](CO)N2C(C)=O. The number of ether oxygens (including phenoxy) is 1. The van der Waals surface area contributed by atoms with Crippen molar-refractivity contribution in [2.45, 2.75) is 31.3 Å². The predicted molar refractivity (Wildman–Crippen MR) is 114 cm³/mol. The van der Waals surface area contributed by atoms with Crippen LogP contribution in [-0.4, -0.2) is 71.7 Å². The molecule has 2 atom stereocenters. The fourth-order valence-electron chi connectivity index (χ4n) is 5.16. The first-order valence-electron chi connectivity index (χ1n) is 10.3. The molecule has 30 heavy (non-hydrogen) atoms. The molecular formula is C24H28N2O4. The second-order valence-electron chi connectivity index (χ2n) is 8.39. The van der Waals surface area contributed by atoms with E-state index in [9.17, 15) is 14.7 Å². The highest BCUT2D eigenvalue weighted by Crippen LogP contribution is 2.54. The van der Waals surface area contributed by atoms with Crippen molar-refractivity contribution in [3.05, 3.63) is 59.7 Å². The van der Waals surface area contributed by atoms with Crippen molar-refractivity contribution in [2.75, 3.05) is 33.4 Å². The molecule has 158 valence electrons. The number of benzene rings is 2. The number of rotatable bonds is 5. The third-order valence-corrected chi connectivity index (χ3v) is 6.51. The van der Waals surface area contributed by atoms with Gasteiger partial charge in [-0.2, -0.15) is 0 Å². The lowest BCUT2D eigenvalue weighted by molar-refractivity contribution is -0.202. The number of hydrogen-bond acceptors (Lipinski definition) is 4. The first kappa shape index (κ1) is 20.6. The van der Waals surface area contributed by atoms with E-state index in [1.807, 2.05) is 0 Å². The van der Waals surface area contributed by atoms with Gasteiger partial charge in [-0.3, -0.25) is 9.59 Å². The van der Waals surface area contributed by atoms with Crippen LogP contribution in [0.25, 0.3) is 11.1 Å². The molecule has 0 bridgehead atoms. The summed E-state index contributed by atoms with van der Waals surface area (Å²) in [5.41, 5.74) is 4.13. The number of likely N-dealkylation sites (tertiary alicyclic amines) is 2. The van der Waals surface area contributed by atoms with E-state index in [1.54, 1.807) is 9.80 Å². The van der Waals surface area contributed by atoms with E-state index >= 15 is 0 Å². The fraction of sp³-hybridized carbons (Fsp3) is 0.417. The van der Waals surface area contributed by atoms with Gasteiger partial charge in [0.05, 0.1) is 18.2 Å². The number of methoxy groups -OCH3 is 1. The van der Waals surface area contributed by atoms with Gasteiger partial charge in [-0.15, -0.1) is 0 Å². The Labute approximate surface area is 177 Å². The van der Waals surface area contributed by atoms with Gasteiger partial charge >= 0.3 is 0 Å². The summed E-state index contributed by atoms with van der Waals surface area (Å²) >= 11 is 0. The number of carbonyl (C=O) groups is 2. The number of carbonyl (C=O) groups excluding carboxylic acids is 2. The molecule has 2 aliphatic heterocycles. The monoisotopic (exact) mass is 408 g/mol. The van der Waals surface area contributed by atoms with Gasteiger partial charge in [-0.05, 0) is 23.6 Å². The summed E-state index contributed by atoms with van der Waals surface area (Å²) in [6.45, 7) is 4.47. The molecule has 1 spiro atoms. The van der Waals surface area contributed by atoms with Crippen LogP contribution in [0.5, 0.6) is 0 Å². The third-order valence-electron chi connectivity index (χ3n) is 6.51. The minimum atomic E-state index is -0.450. The first-order chi connectivity index (χ1) is 14.4. The summed E-state index contributed by atoms with van der Waals surface area (Å²) in [5.74, 6) is -0.155. The van der Waals surface area contributed by atoms with Gasteiger partial charge in [0, 0.05) is 33.0 Å². The number of aliphatic hydroxyl groups excluding tert-OH is 1. The Morgan fingerprint density at radius 1 is 1.07 bits per heavy atom. The van der Waals surface area contributed by atoms with E-state index in [1.165, 1.54) is 19.6 Å². The molecule has 2 fully saturated rings. The molecule has 2 saturated heterocycles. The molecular weight excluding hydrogens is 380 g/mol. The molecule has 2 aromatic rings. The molecule has 2 aromatic carbocycles. The van der Waals surface area contributed by atoms with Crippen LogP contribution in [0, 0.1) is 6.92 Å². The Kier molecular flexibility index (Phi) is 5.38. The summed E-state index contributed by atoms with van der Waals surface area (Å²) in [5, 5.41) is 10.0. The second-order valence-corrected chi connectivity index (χ2v) is 8.39. The quantitative estimate of drug-likeness (QED) is 0.824. The maximum absolute atomic E-state index is 12.3. The van der Waals surface area contributed by atoms with Gasteiger partial charge in [0.25, 0.3) is 0 Å². The van der Waals surface area contributed by atoms with Crippen LogP contribution in [0.2, 0.25) is 0 Å². The summed E-state index contributed by atoms with van der Waals surface area (Å²) < 4.78 is 4.96.